The SMILES string of the molecule is NNC(=O)C1c2ccccc2C[C@H]1O. The van der Waals surface area contributed by atoms with Gasteiger partial charge in [-0.25, -0.2) is 5.84 Å². The topological polar surface area (TPSA) is 75.3 Å². The molecule has 1 amide bonds. The Morgan fingerprint density at radius 1 is 1.50 bits per heavy atom. The fraction of sp³-hybridized carbons (Fsp3) is 0.300. The number of hydrazine groups is 1. The predicted molar refractivity (Wildman–Crippen MR) is 51.2 cm³/mol. The molecule has 0 aromatic heterocycles. The molecule has 1 unspecified atom stereocenters. The molecular formula is C10H12N2O2. The van der Waals surface area contributed by atoms with Gasteiger partial charge in [-0.3, -0.25) is 10.2 Å². The van der Waals surface area contributed by atoms with Crippen molar-refractivity contribution in [2.45, 2.75) is 18.4 Å². The normalized spacial score (nSPS) is 24.4. The zero-order valence-corrected chi connectivity index (χ0v) is 7.60. The first-order valence-electron chi connectivity index (χ1n) is 4.50. The number of nitrogens with two attached hydrogens (primary N) is 1. The number of amides is 1. The van der Waals surface area contributed by atoms with E-state index in [2.05, 4.69) is 5.43 Å². The first kappa shape index (κ1) is 9.18. The maximum atomic E-state index is 11.4. The Balaban J connectivity index is 2.39. The van der Waals surface area contributed by atoms with E-state index in [0.717, 1.165) is 11.1 Å². The minimum absolute atomic E-state index is 0.331. The van der Waals surface area contributed by atoms with E-state index in [4.69, 9.17) is 5.84 Å². The summed E-state index contributed by atoms with van der Waals surface area (Å²) in [4.78, 5) is 11.4. The molecule has 0 bridgehead atoms. The molecule has 1 aromatic carbocycles. The van der Waals surface area contributed by atoms with Crippen LogP contribution in [-0.4, -0.2) is 17.1 Å². The molecule has 4 N–H and O–H groups in total. The van der Waals surface area contributed by atoms with Crippen molar-refractivity contribution in [3.8, 4) is 0 Å². The number of hydrogen-bond donors (Lipinski definition) is 3. The van der Waals surface area contributed by atoms with Crippen LogP contribution in [0.15, 0.2) is 24.3 Å². The Bertz CT molecular complexity index is 365. The molecule has 0 aliphatic heterocycles. The highest BCUT2D eigenvalue weighted by atomic mass is 16.3. The van der Waals surface area contributed by atoms with Crippen LogP contribution < -0.4 is 11.3 Å². The number of aliphatic hydroxyl groups is 1. The van der Waals surface area contributed by atoms with Crippen LogP contribution in [0.25, 0.3) is 0 Å². The number of carbonyl (C=O) groups is 1. The Morgan fingerprint density at radius 3 is 2.93 bits per heavy atom. The third-order valence-corrected chi connectivity index (χ3v) is 2.63. The molecule has 2 rings (SSSR count). The number of fused-ring (bicyclic) bond motifs is 1. The molecule has 0 radical (unpaired) electrons. The highest BCUT2D eigenvalue weighted by Gasteiger charge is 2.35. The Morgan fingerprint density at radius 2 is 2.21 bits per heavy atom. The summed E-state index contributed by atoms with van der Waals surface area (Å²) < 4.78 is 0. The standard InChI is InChI=1S/C10H12N2O2/c11-12-10(14)9-7-4-2-1-3-6(7)5-8(9)13/h1-4,8-9,13H,5,11H2,(H,12,14)/t8-,9?/m1/s1. The molecule has 0 saturated carbocycles. The Kier molecular flexibility index (Phi) is 2.23. The molecule has 0 fully saturated rings. The molecule has 4 heteroatoms. The van der Waals surface area contributed by atoms with Crippen LogP contribution in [0.2, 0.25) is 0 Å². The third-order valence-electron chi connectivity index (χ3n) is 2.63. The molecular weight excluding hydrogens is 180 g/mol. The predicted octanol–water partition coefficient (Wildman–Crippen LogP) is -0.323. The lowest BCUT2D eigenvalue weighted by atomic mass is 9.99. The van der Waals surface area contributed by atoms with E-state index in [0.29, 0.717) is 6.42 Å². The molecule has 1 aliphatic carbocycles. The van der Waals surface area contributed by atoms with Crippen LogP contribution in [-0.2, 0) is 11.2 Å². The second kappa shape index (κ2) is 3.40. The smallest absolute Gasteiger partial charge is 0.244 e. The summed E-state index contributed by atoms with van der Waals surface area (Å²) in [5, 5.41) is 9.70. The summed E-state index contributed by atoms with van der Waals surface area (Å²) >= 11 is 0. The molecule has 0 spiro atoms. The van der Waals surface area contributed by atoms with E-state index in [-0.39, 0.29) is 5.91 Å². The van der Waals surface area contributed by atoms with Crippen molar-refractivity contribution < 1.29 is 9.90 Å². The summed E-state index contributed by atoms with van der Waals surface area (Å²) in [5.74, 6) is 4.21. The van der Waals surface area contributed by atoms with Crippen LogP contribution in [0.4, 0.5) is 0 Å². The number of nitrogens with one attached hydrogen (secondary N) is 1. The van der Waals surface area contributed by atoms with Crippen molar-refractivity contribution in [1.29, 1.82) is 0 Å². The lowest BCUT2D eigenvalue weighted by molar-refractivity contribution is -0.124. The van der Waals surface area contributed by atoms with Gasteiger partial charge in [0, 0.05) is 0 Å². The van der Waals surface area contributed by atoms with Crippen molar-refractivity contribution in [1.82, 2.24) is 5.43 Å². The van der Waals surface area contributed by atoms with E-state index in [1.165, 1.54) is 0 Å². The fourth-order valence-electron chi connectivity index (χ4n) is 1.98. The van der Waals surface area contributed by atoms with Crippen LogP contribution in [0.5, 0.6) is 0 Å². The largest absolute Gasteiger partial charge is 0.392 e. The van der Waals surface area contributed by atoms with E-state index >= 15 is 0 Å². The maximum Gasteiger partial charge on any atom is 0.244 e. The summed E-state index contributed by atoms with van der Waals surface area (Å²) in [5.41, 5.74) is 3.98. The van der Waals surface area contributed by atoms with E-state index in [9.17, 15) is 9.90 Å². The van der Waals surface area contributed by atoms with Gasteiger partial charge in [-0.2, -0.15) is 0 Å². The summed E-state index contributed by atoms with van der Waals surface area (Å²) in [7, 11) is 0. The van der Waals surface area contributed by atoms with Crippen molar-refractivity contribution in [3.05, 3.63) is 35.4 Å². The van der Waals surface area contributed by atoms with E-state index in [1.807, 2.05) is 24.3 Å². The molecule has 0 heterocycles. The molecule has 14 heavy (non-hydrogen) atoms. The number of benzene rings is 1. The molecule has 0 saturated heterocycles. The number of aliphatic hydroxyl groups excluding tert-OH is 1. The monoisotopic (exact) mass is 192 g/mol. The quantitative estimate of drug-likeness (QED) is 0.324. The van der Waals surface area contributed by atoms with Crippen molar-refractivity contribution in [2.75, 3.05) is 0 Å². The lowest BCUT2D eigenvalue weighted by Crippen LogP contribution is -2.38. The van der Waals surface area contributed by atoms with Crippen LogP contribution in [0.1, 0.15) is 17.0 Å². The van der Waals surface area contributed by atoms with Crippen LogP contribution in [0, 0.1) is 0 Å². The molecule has 4 nitrogen and oxygen atoms in total. The lowest BCUT2D eigenvalue weighted by Gasteiger charge is -2.13. The molecule has 74 valence electrons. The zero-order chi connectivity index (χ0) is 10.1. The van der Waals surface area contributed by atoms with Crippen molar-refractivity contribution >= 4 is 5.91 Å². The number of carbonyl (C=O) groups excluding carboxylic acids is 1. The minimum Gasteiger partial charge on any atom is -0.392 e. The molecule has 1 aliphatic rings. The number of hydrogen-bond acceptors (Lipinski definition) is 3. The van der Waals surface area contributed by atoms with Gasteiger partial charge in [-0.1, -0.05) is 24.3 Å². The zero-order valence-electron chi connectivity index (χ0n) is 7.60. The highest BCUT2D eigenvalue weighted by Crippen LogP contribution is 2.32. The second-order valence-electron chi connectivity index (χ2n) is 3.46. The van der Waals surface area contributed by atoms with Gasteiger partial charge < -0.3 is 5.11 Å². The average Bonchev–Trinajstić information content (AvgIpc) is 2.53. The molecule has 2 atom stereocenters. The summed E-state index contributed by atoms with van der Waals surface area (Å²) in [6, 6.07) is 7.52. The molecule has 1 aromatic rings. The summed E-state index contributed by atoms with van der Waals surface area (Å²) in [6.07, 6.45) is -0.134. The average molecular weight is 192 g/mol. The number of rotatable bonds is 1. The third kappa shape index (κ3) is 1.29. The van der Waals surface area contributed by atoms with Crippen molar-refractivity contribution in [3.63, 3.8) is 0 Å². The van der Waals surface area contributed by atoms with Crippen LogP contribution >= 0.6 is 0 Å². The van der Waals surface area contributed by atoms with Gasteiger partial charge in [-0.15, -0.1) is 0 Å². The minimum atomic E-state index is -0.657. The van der Waals surface area contributed by atoms with Gasteiger partial charge in [0.05, 0.1) is 12.0 Å². The van der Waals surface area contributed by atoms with Gasteiger partial charge >= 0.3 is 0 Å². The van der Waals surface area contributed by atoms with Gasteiger partial charge in [0.15, 0.2) is 0 Å². The second-order valence-corrected chi connectivity index (χ2v) is 3.46. The maximum absolute atomic E-state index is 11.4. The summed E-state index contributed by atoms with van der Waals surface area (Å²) in [6.45, 7) is 0. The van der Waals surface area contributed by atoms with E-state index in [1.54, 1.807) is 0 Å². The first-order valence-corrected chi connectivity index (χ1v) is 4.50. The highest BCUT2D eigenvalue weighted by molar-refractivity contribution is 5.85. The van der Waals surface area contributed by atoms with Crippen molar-refractivity contribution in [2.24, 2.45) is 5.84 Å². The fourth-order valence-corrected chi connectivity index (χ4v) is 1.98. The Hall–Kier alpha value is -1.39. The van der Waals surface area contributed by atoms with Gasteiger partial charge in [-0.05, 0) is 17.5 Å². The van der Waals surface area contributed by atoms with Gasteiger partial charge in [0.1, 0.15) is 0 Å². The Labute approximate surface area is 81.7 Å². The van der Waals surface area contributed by atoms with Gasteiger partial charge in [0.25, 0.3) is 0 Å². The first-order chi connectivity index (χ1) is 6.74. The van der Waals surface area contributed by atoms with E-state index < -0.39 is 12.0 Å². The van der Waals surface area contributed by atoms with Crippen LogP contribution in [0.3, 0.4) is 0 Å². The van der Waals surface area contributed by atoms with Gasteiger partial charge in [0.2, 0.25) is 5.91 Å².